The van der Waals surface area contributed by atoms with E-state index in [1.54, 1.807) is 6.20 Å². The predicted octanol–water partition coefficient (Wildman–Crippen LogP) is 4.14. The quantitative estimate of drug-likeness (QED) is 0.751. The van der Waals surface area contributed by atoms with Crippen LogP contribution in [0, 0.1) is 18.3 Å². The normalized spacial score (nSPS) is 14.7. The van der Waals surface area contributed by atoms with Gasteiger partial charge in [0, 0.05) is 23.2 Å². The number of nitrogens with zero attached hydrogens (tertiary/aromatic N) is 4. The third kappa shape index (κ3) is 3.37. The van der Waals surface area contributed by atoms with Gasteiger partial charge < -0.3 is 5.32 Å². The number of aromatic nitrogens is 3. The molecule has 0 spiro atoms. The fourth-order valence-corrected chi connectivity index (χ4v) is 3.49. The minimum atomic E-state index is -0.481. The zero-order valence-electron chi connectivity index (χ0n) is 13.8. The molecule has 25 heavy (non-hydrogen) atoms. The van der Waals surface area contributed by atoms with E-state index in [0.29, 0.717) is 12.0 Å². The second-order valence-corrected chi connectivity index (χ2v) is 7.07. The van der Waals surface area contributed by atoms with Crippen LogP contribution in [0.3, 0.4) is 0 Å². The molecule has 1 unspecified atom stereocenters. The van der Waals surface area contributed by atoms with E-state index in [-0.39, 0.29) is 0 Å². The van der Waals surface area contributed by atoms with Crippen molar-refractivity contribution in [1.29, 1.82) is 5.26 Å². The van der Waals surface area contributed by atoms with Gasteiger partial charge in [-0.1, -0.05) is 30.3 Å². The first-order valence-electron chi connectivity index (χ1n) is 8.25. The second kappa shape index (κ2) is 6.61. The third-order valence-corrected chi connectivity index (χ3v) is 5.07. The number of aryl methyl sites for hydroxylation is 1. The SMILES string of the molecule is Cc1cnc(NC2CC2)nc1C(C#N)c1nc(-c2ccccc2)cs1. The molecular weight excluding hydrogens is 330 g/mol. The number of anilines is 1. The molecule has 0 saturated heterocycles. The number of thiazole rings is 1. The standard InChI is InChI=1S/C19H17N5S/c1-12-10-21-19(22-14-7-8-14)24-17(12)15(9-20)18-23-16(11-25-18)13-5-3-2-4-6-13/h2-6,10-11,14-15H,7-8H2,1H3,(H,21,22,24). The average molecular weight is 347 g/mol. The van der Waals surface area contributed by atoms with E-state index < -0.39 is 5.92 Å². The van der Waals surface area contributed by atoms with Crippen LogP contribution in [0.2, 0.25) is 0 Å². The van der Waals surface area contributed by atoms with Gasteiger partial charge in [-0.3, -0.25) is 0 Å². The van der Waals surface area contributed by atoms with Crippen molar-refractivity contribution in [2.45, 2.75) is 31.7 Å². The molecule has 124 valence electrons. The van der Waals surface area contributed by atoms with Crippen molar-refractivity contribution in [1.82, 2.24) is 15.0 Å². The molecule has 1 atom stereocenters. The van der Waals surface area contributed by atoms with Crippen molar-refractivity contribution in [2.75, 3.05) is 5.32 Å². The van der Waals surface area contributed by atoms with Gasteiger partial charge in [0.15, 0.2) is 0 Å². The Kier molecular flexibility index (Phi) is 4.16. The van der Waals surface area contributed by atoms with Gasteiger partial charge in [0.2, 0.25) is 5.95 Å². The Morgan fingerprint density at radius 2 is 2.04 bits per heavy atom. The van der Waals surface area contributed by atoms with Crippen molar-refractivity contribution in [3.05, 3.63) is 58.2 Å². The zero-order chi connectivity index (χ0) is 17.2. The summed E-state index contributed by atoms with van der Waals surface area (Å²) in [6, 6.07) is 12.8. The second-order valence-electron chi connectivity index (χ2n) is 6.18. The molecule has 1 N–H and O–H groups in total. The van der Waals surface area contributed by atoms with Gasteiger partial charge in [-0.15, -0.1) is 11.3 Å². The molecule has 0 bridgehead atoms. The van der Waals surface area contributed by atoms with E-state index in [9.17, 15) is 5.26 Å². The first-order valence-corrected chi connectivity index (χ1v) is 9.13. The van der Waals surface area contributed by atoms with Crippen molar-refractivity contribution < 1.29 is 0 Å². The molecule has 1 saturated carbocycles. The molecule has 1 fully saturated rings. The lowest BCUT2D eigenvalue weighted by molar-refractivity contribution is 0.904. The van der Waals surface area contributed by atoms with Crippen molar-refractivity contribution in [3.8, 4) is 17.3 Å². The van der Waals surface area contributed by atoms with Crippen LogP contribution in [0.1, 0.15) is 35.0 Å². The first-order chi connectivity index (χ1) is 12.2. The summed E-state index contributed by atoms with van der Waals surface area (Å²) in [7, 11) is 0. The Labute approximate surface area is 150 Å². The molecule has 6 heteroatoms. The highest BCUT2D eigenvalue weighted by atomic mass is 32.1. The van der Waals surface area contributed by atoms with Crippen LogP contribution in [0.4, 0.5) is 5.95 Å². The number of rotatable bonds is 5. The summed E-state index contributed by atoms with van der Waals surface area (Å²) in [4.78, 5) is 13.6. The summed E-state index contributed by atoms with van der Waals surface area (Å²) in [6.07, 6.45) is 4.09. The lowest BCUT2D eigenvalue weighted by Crippen LogP contribution is -2.10. The smallest absolute Gasteiger partial charge is 0.223 e. The molecule has 1 aromatic carbocycles. The summed E-state index contributed by atoms with van der Waals surface area (Å²) < 4.78 is 0. The van der Waals surface area contributed by atoms with Gasteiger partial charge in [0.1, 0.15) is 10.9 Å². The van der Waals surface area contributed by atoms with Crippen molar-refractivity contribution in [2.24, 2.45) is 0 Å². The summed E-state index contributed by atoms with van der Waals surface area (Å²) >= 11 is 1.50. The minimum absolute atomic E-state index is 0.473. The topological polar surface area (TPSA) is 74.5 Å². The van der Waals surface area contributed by atoms with Crippen LogP contribution >= 0.6 is 11.3 Å². The maximum atomic E-state index is 9.76. The molecule has 0 amide bonds. The summed E-state index contributed by atoms with van der Waals surface area (Å²) in [6.45, 7) is 1.94. The lowest BCUT2D eigenvalue weighted by Gasteiger charge is -2.11. The summed E-state index contributed by atoms with van der Waals surface area (Å²) in [5, 5.41) is 15.8. The van der Waals surface area contributed by atoms with E-state index in [4.69, 9.17) is 0 Å². The number of hydrogen-bond acceptors (Lipinski definition) is 6. The molecule has 5 nitrogen and oxygen atoms in total. The fourth-order valence-electron chi connectivity index (χ4n) is 2.62. The minimum Gasteiger partial charge on any atom is -0.351 e. The van der Waals surface area contributed by atoms with E-state index in [1.165, 1.54) is 11.3 Å². The van der Waals surface area contributed by atoms with Crippen LogP contribution in [-0.4, -0.2) is 21.0 Å². The molecule has 3 aromatic rings. The van der Waals surface area contributed by atoms with Gasteiger partial charge in [-0.2, -0.15) is 5.26 Å². The summed E-state index contributed by atoms with van der Waals surface area (Å²) in [5.41, 5.74) is 3.58. The van der Waals surface area contributed by atoms with Gasteiger partial charge in [-0.25, -0.2) is 15.0 Å². The molecule has 2 aromatic heterocycles. The molecular formula is C19H17N5S. The van der Waals surface area contributed by atoms with Gasteiger partial charge in [-0.05, 0) is 25.3 Å². The van der Waals surface area contributed by atoms with Gasteiger partial charge in [0.05, 0.1) is 17.5 Å². The van der Waals surface area contributed by atoms with Crippen LogP contribution in [0.25, 0.3) is 11.3 Å². The van der Waals surface area contributed by atoms with Crippen LogP contribution < -0.4 is 5.32 Å². The fraction of sp³-hybridized carbons (Fsp3) is 0.263. The monoisotopic (exact) mass is 347 g/mol. The highest BCUT2D eigenvalue weighted by molar-refractivity contribution is 7.10. The predicted molar refractivity (Wildman–Crippen MR) is 98.4 cm³/mol. The van der Waals surface area contributed by atoms with Crippen LogP contribution in [0.5, 0.6) is 0 Å². The Balaban J connectivity index is 1.66. The van der Waals surface area contributed by atoms with Gasteiger partial charge >= 0.3 is 0 Å². The van der Waals surface area contributed by atoms with E-state index in [0.717, 1.165) is 40.4 Å². The van der Waals surface area contributed by atoms with E-state index in [1.807, 2.05) is 42.6 Å². The Bertz CT molecular complexity index is 924. The highest BCUT2D eigenvalue weighted by Crippen LogP contribution is 2.31. The Morgan fingerprint density at radius 3 is 2.76 bits per heavy atom. The Morgan fingerprint density at radius 1 is 1.24 bits per heavy atom. The maximum Gasteiger partial charge on any atom is 0.223 e. The first kappa shape index (κ1) is 15.7. The molecule has 0 radical (unpaired) electrons. The zero-order valence-corrected chi connectivity index (χ0v) is 14.6. The number of benzene rings is 1. The van der Waals surface area contributed by atoms with Crippen molar-refractivity contribution in [3.63, 3.8) is 0 Å². The highest BCUT2D eigenvalue weighted by Gasteiger charge is 2.25. The molecule has 1 aliphatic carbocycles. The summed E-state index contributed by atoms with van der Waals surface area (Å²) in [5.74, 6) is 0.119. The van der Waals surface area contributed by atoms with Crippen LogP contribution in [-0.2, 0) is 0 Å². The van der Waals surface area contributed by atoms with Crippen molar-refractivity contribution >= 4 is 17.3 Å². The molecule has 4 rings (SSSR count). The molecule has 0 aliphatic heterocycles. The third-order valence-electron chi connectivity index (χ3n) is 4.16. The Hall–Kier alpha value is -2.78. The van der Waals surface area contributed by atoms with Gasteiger partial charge in [0.25, 0.3) is 0 Å². The largest absolute Gasteiger partial charge is 0.351 e. The maximum absolute atomic E-state index is 9.76. The number of hydrogen-bond donors (Lipinski definition) is 1. The van der Waals surface area contributed by atoms with E-state index >= 15 is 0 Å². The molecule has 2 heterocycles. The average Bonchev–Trinajstić information content (AvgIpc) is 3.32. The van der Waals surface area contributed by atoms with Crippen LogP contribution in [0.15, 0.2) is 41.9 Å². The lowest BCUT2D eigenvalue weighted by atomic mass is 10.0. The molecule has 1 aliphatic rings. The van der Waals surface area contributed by atoms with E-state index in [2.05, 4.69) is 26.3 Å². The number of nitriles is 1. The number of nitrogens with one attached hydrogen (secondary N) is 1.